The fourth-order valence-corrected chi connectivity index (χ4v) is 2.89. The summed E-state index contributed by atoms with van der Waals surface area (Å²) in [5, 5.41) is 3.94. The molecule has 1 nitrogen and oxygen atoms in total. The first-order valence-electron chi connectivity index (χ1n) is 5.72. The van der Waals surface area contributed by atoms with Gasteiger partial charge in [-0.15, -0.1) is 0 Å². The zero-order valence-electron chi connectivity index (χ0n) is 10.4. The number of rotatable bonds is 3. The molecule has 2 rings (SSSR count). The first-order valence-corrected chi connectivity index (χ1v) is 7.23. The molecule has 106 valence electrons. The molecule has 0 saturated carbocycles. The summed E-state index contributed by atoms with van der Waals surface area (Å²) < 4.78 is 14.0. The van der Waals surface area contributed by atoms with Crippen LogP contribution in [0.4, 0.5) is 4.39 Å². The van der Waals surface area contributed by atoms with Crippen LogP contribution < -0.4 is 5.32 Å². The average molecular weight is 353 g/mol. The molecule has 0 aliphatic carbocycles. The van der Waals surface area contributed by atoms with Crippen LogP contribution in [0, 0.1) is 5.82 Å². The molecule has 6 heteroatoms. The summed E-state index contributed by atoms with van der Waals surface area (Å²) in [5.74, 6) is -0.347. The van der Waals surface area contributed by atoms with E-state index < -0.39 is 0 Å². The maximum absolute atomic E-state index is 14.0. The van der Waals surface area contributed by atoms with E-state index in [0.29, 0.717) is 23.2 Å². The molecule has 2 aromatic rings. The Kier molecular flexibility index (Phi) is 5.16. The molecule has 0 amide bonds. The molecule has 20 heavy (non-hydrogen) atoms. The fraction of sp³-hybridized carbons (Fsp3) is 0.143. The summed E-state index contributed by atoms with van der Waals surface area (Å²) in [4.78, 5) is 0. The molecule has 0 saturated heterocycles. The highest BCUT2D eigenvalue weighted by atomic mass is 35.5. The van der Waals surface area contributed by atoms with Crippen molar-refractivity contribution in [2.45, 2.75) is 6.54 Å². The Balaban J connectivity index is 2.60. The van der Waals surface area contributed by atoms with Crippen LogP contribution in [0.3, 0.4) is 0 Å². The van der Waals surface area contributed by atoms with E-state index in [1.54, 1.807) is 19.2 Å². The van der Waals surface area contributed by atoms with Crippen molar-refractivity contribution in [1.29, 1.82) is 0 Å². The minimum atomic E-state index is -0.347. The van der Waals surface area contributed by atoms with Gasteiger partial charge in [0, 0.05) is 17.7 Å². The Labute approximate surface area is 136 Å². The van der Waals surface area contributed by atoms with Crippen LogP contribution in [-0.4, -0.2) is 7.05 Å². The van der Waals surface area contributed by atoms with Crippen molar-refractivity contribution in [1.82, 2.24) is 5.32 Å². The minimum absolute atomic E-state index is 0.252. The van der Waals surface area contributed by atoms with Gasteiger partial charge in [0.15, 0.2) is 0 Å². The van der Waals surface area contributed by atoms with Crippen molar-refractivity contribution in [2.75, 3.05) is 7.05 Å². The second kappa shape index (κ2) is 6.50. The zero-order valence-corrected chi connectivity index (χ0v) is 13.4. The van der Waals surface area contributed by atoms with Gasteiger partial charge in [-0.05, 0) is 24.7 Å². The second-order valence-corrected chi connectivity index (χ2v) is 5.75. The first-order chi connectivity index (χ1) is 9.45. The summed E-state index contributed by atoms with van der Waals surface area (Å²) >= 11 is 24.3. The third-order valence-corrected chi connectivity index (χ3v) is 4.40. The van der Waals surface area contributed by atoms with Gasteiger partial charge in [-0.2, -0.15) is 0 Å². The van der Waals surface area contributed by atoms with Gasteiger partial charge in [0.1, 0.15) is 5.82 Å². The number of hydrogen-bond acceptors (Lipinski definition) is 1. The van der Waals surface area contributed by atoms with E-state index in [9.17, 15) is 4.39 Å². The standard InChI is InChI=1S/C14H10Cl4FN/c1-20-6-8-3-2-7(4-11(8)19)12-13(17)9(15)5-10(16)14(12)18/h2-5,20H,6H2,1H3. The largest absolute Gasteiger partial charge is 0.316 e. The minimum Gasteiger partial charge on any atom is -0.316 e. The molecule has 0 spiro atoms. The predicted octanol–water partition coefficient (Wildman–Crippen LogP) is 5.83. The lowest BCUT2D eigenvalue weighted by Gasteiger charge is -2.12. The molecule has 0 heterocycles. The fourth-order valence-electron chi connectivity index (χ4n) is 1.86. The lowest BCUT2D eigenvalue weighted by Crippen LogP contribution is -2.06. The van der Waals surface area contributed by atoms with Gasteiger partial charge in [0.05, 0.1) is 20.1 Å². The molecule has 2 aromatic carbocycles. The molecule has 1 N–H and O–H groups in total. The van der Waals surface area contributed by atoms with E-state index in [4.69, 9.17) is 46.4 Å². The molecule has 0 aliphatic heterocycles. The lowest BCUT2D eigenvalue weighted by molar-refractivity contribution is 0.601. The predicted molar refractivity (Wildman–Crippen MR) is 84.6 cm³/mol. The molecule has 0 aromatic heterocycles. The van der Waals surface area contributed by atoms with Gasteiger partial charge in [0.25, 0.3) is 0 Å². The van der Waals surface area contributed by atoms with Crippen LogP contribution in [0.1, 0.15) is 5.56 Å². The van der Waals surface area contributed by atoms with Crippen molar-refractivity contribution in [3.8, 4) is 11.1 Å². The van der Waals surface area contributed by atoms with Crippen LogP contribution in [0.2, 0.25) is 20.1 Å². The van der Waals surface area contributed by atoms with Crippen LogP contribution in [0.25, 0.3) is 11.1 Å². The second-order valence-electron chi connectivity index (χ2n) is 4.18. The van der Waals surface area contributed by atoms with Crippen molar-refractivity contribution in [3.05, 3.63) is 55.7 Å². The van der Waals surface area contributed by atoms with E-state index in [2.05, 4.69) is 5.32 Å². The molecule has 0 fully saturated rings. The normalized spacial score (nSPS) is 10.9. The van der Waals surface area contributed by atoms with Crippen LogP contribution >= 0.6 is 46.4 Å². The van der Waals surface area contributed by atoms with Gasteiger partial charge < -0.3 is 5.32 Å². The van der Waals surface area contributed by atoms with E-state index in [0.717, 1.165) is 0 Å². The molecule has 0 radical (unpaired) electrons. The van der Waals surface area contributed by atoms with Gasteiger partial charge in [-0.1, -0.05) is 58.5 Å². The third-order valence-electron chi connectivity index (χ3n) is 2.82. The molecular formula is C14H10Cl4FN. The monoisotopic (exact) mass is 351 g/mol. The molecule has 0 atom stereocenters. The Bertz CT molecular complexity index is 632. The summed E-state index contributed by atoms with van der Waals surface area (Å²) in [6, 6.07) is 6.23. The zero-order chi connectivity index (χ0) is 14.9. The molecule has 0 unspecified atom stereocenters. The summed E-state index contributed by atoms with van der Waals surface area (Å²) in [6.07, 6.45) is 0. The SMILES string of the molecule is CNCc1ccc(-c2c(Cl)c(Cl)cc(Cl)c2Cl)cc1F. The van der Waals surface area contributed by atoms with Gasteiger partial charge in [-0.3, -0.25) is 0 Å². The Morgan fingerprint density at radius 3 is 2.10 bits per heavy atom. The maximum Gasteiger partial charge on any atom is 0.128 e. The topological polar surface area (TPSA) is 12.0 Å². The van der Waals surface area contributed by atoms with Crippen molar-refractivity contribution in [2.24, 2.45) is 0 Å². The Hall–Kier alpha value is -0.510. The number of hydrogen-bond donors (Lipinski definition) is 1. The van der Waals surface area contributed by atoms with Crippen LogP contribution in [0.15, 0.2) is 24.3 Å². The summed E-state index contributed by atoms with van der Waals surface area (Å²) in [7, 11) is 1.75. The van der Waals surface area contributed by atoms with E-state index in [1.165, 1.54) is 12.1 Å². The number of halogens is 5. The summed E-state index contributed by atoms with van der Waals surface area (Å²) in [5.41, 5.74) is 1.51. The van der Waals surface area contributed by atoms with E-state index in [1.807, 2.05) is 0 Å². The molecule has 0 bridgehead atoms. The van der Waals surface area contributed by atoms with Gasteiger partial charge >= 0.3 is 0 Å². The van der Waals surface area contributed by atoms with Crippen molar-refractivity contribution >= 4 is 46.4 Å². The number of benzene rings is 2. The smallest absolute Gasteiger partial charge is 0.128 e. The quantitative estimate of drug-likeness (QED) is 0.685. The lowest BCUT2D eigenvalue weighted by atomic mass is 10.0. The third kappa shape index (κ3) is 3.05. The van der Waals surface area contributed by atoms with Gasteiger partial charge in [0.2, 0.25) is 0 Å². The van der Waals surface area contributed by atoms with E-state index in [-0.39, 0.29) is 25.9 Å². The number of nitrogens with one attached hydrogen (secondary N) is 1. The average Bonchev–Trinajstić information content (AvgIpc) is 2.40. The Morgan fingerprint density at radius 2 is 1.60 bits per heavy atom. The first kappa shape index (κ1) is 15.9. The van der Waals surface area contributed by atoms with Crippen molar-refractivity contribution in [3.63, 3.8) is 0 Å². The Morgan fingerprint density at radius 1 is 1.00 bits per heavy atom. The van der Waals surface area contributed by atoms with Crippen LogP contribution in [0.5, 0.6) is 0 Å². The maximum atomic E-state index is 14.0. The molecule has 0 aliphatic rings. The van der Waals surface area contributed by atoms with Crippen molar-refractivity contribution < 1.29 is 4.39 Å². The summed E-state index contributed by atoms with van der Waals surface area (Å²) in [6.45, 7) is 0.434. The highest BCUT2D eigenvalue weighted by Gasteiger charge is 2.16. The van der Waals surface area contributed by atoms with Gasteiger partial charge in [-0.25, -0.2) is 4.39 Å². The van der Waals surface area contributed by atoms with Crippen LogP contribution in [-0.2, 0) is 6.54 Å². The molecular weight excluding hydrogens is 343 g/mol. The highest BCUT2D eigenvalue weighted by molar-refractivity contribution is 6.50. The van der Waals surface area contributed by atoms with E-state index >= 15 is 0 Å². The highest BCUT2D eigenvalue weighted by Crippen LogP contribution is 2.43.